The molecule has 1 aliphatic heterocycles. The summed E-state index contributed by atoms with van der Waals surface area (Å²) in [4.78, 5) is 0. The molecule has 0 aromatic heterocycles. The Hall–Kier alpha value is -1.15. The molecule has 0 aromatic carbocycles. The van der Waals surface area contributed by atoms with Crippen molar-refractivity contribution in [1.29, 1.82) is 0 Å². The molecule has 0 amide bonds. The Bertz CT molecular complexity index is 566. The van der Waals surface area contributed by atoms with Crippen molar-refractivity contribution in [3.05, 3.63) is 47.6 Å². The maximum Gasteiger partial charge on any atom is 0.113 e. The van der Waals surface area contributed by atoms with E-state index in [2.05, 4.69) is 50.3 Å². The predicted molar refractivity (Wildman–Crippen MR) is 82.6 cm³/mol. The van der Waals surface area contributed by atoms with Gasteiger partial charge in [0.15, 0.2) is 0 Å². The Labute approximate surface area is 126 Å². The highest BCUT2D eigenvalue weighted by Crippen LogP contribution is 2.52. The zero-order valence-corrected chi connectivity index (χ0v) is 12.8. The van der Waals surface area contributed by atoms with E-state index in [-0.39, 0.29) is 23.5 Å². The van der Waals surface area contributed by atoms with Crippen molar-refractivity contribution in [3.63, 3.8) is 0 Å². The summed E-state index contributed by atoms with van der Waals surface area (Å²) in [6, 6.07) is 0. The van der Waals surface area contributed by atoms with Crippen molar-refractivity contribution in [2.24, 2.45) is 17.3 Å². The molecule has 0 saturated carbocycles. The molecule has 1 fully saturated rings. The fourth-order valence-electron chi connectivity index (χ4n) is 4.37. The van der Waals surface area contributed by atoms with Gasteiger partial charge in [-0.1, -0.05) is 55.9 Å². The zero-order chi connectivity index (χ0) is 14.6. The quantitative estimate of drug-likeness (QED) is 0.644. The van der Waals surface area contributed by atoms with Crippen molar-refractivity contribution >= 4 is 0 Å². The highest BCUT2D eigenvalue weighted by molar-refractivity contribution is 5.36. The number of allylic oxidation sites excluding steroid dienone is 6. The fourth-order valence-corrected chi connectivity index (χ4v) is 4.37. The standard InChI is InChI=1S/C19H23FO/c1-19(2)9-8-14-17-15(20)10-13(11-16(17)21-18(14)19)12-6-4-3-5-7-12/h3-6,8,11-12,15-18H,7,9-10H2,1-2H3. The summed E-state index contributed by atoms with van der Waals surface area (Å²) in [5.41, 5.74) is 2.57. The lowest BCUT2D eigenvalue weighted by atomic mass is 9.76. The highest BCUT2D eigenvalue weighted by atomic mass is 19.1. The van der Waals surface area contributed by atoms with Gasteiger partial charge in [0.1, 0.15) is 6.17 Å². The minimum atomic E-state index is -0.792. The maximum atomic E-state index is 14.8. The number of hydrogen-bond acceptors (Lipinski definition) is 1. The highest BCUT2D eigenvalue weighted by Gasteiger charge is 2.52. The molecule has 4 aliphatic rings. The van der Waals surface area contributed by atoms with Crippen molar-refractivity contribution in [3.8, 4) is 0 Å². The Morgan fingerprint density at radius 3 is 2.90 bits per heavy atom. The lowest BCUT2D eigenvalue weighted by Crippen LogP contribution is -2.31. The van der Waals surface area contributed by atoms with E-state index >= 15 is 0 Å². The van der Waals surface area contributed by atoms with Crippen LogP contribution in [0.5, 0.6) is 0 Å². The van der Waals surface area contributed by atoms with E-state index in [1.54, 1.807) is 0 Å². The molecule has 0 spiro atoms. The number of hydrogen-bond donors (Lipinski definition) is 0. The molecular weight excluding hydrogens is 263 g/mol. The van der Waals surface area contributed by atoms with Gasteiger partial charge in [-0.3, -0.25) is 0 Å². The Morgan fingerprint density at radius 2 is 2.14 bits per heavy atom. The van der Waals surface area contributed by atoms with Crippen LogP contribution >= 0.6 is 0 Å². The Kier molecular flexibility index (Phi) is 3.01. The van der Waals surface area contributed by atoms with Crippen LogP contribution in [0.1, 0.15) is 33.1 Å². The predicted octanol–water partition coefficient (Wildman–Crippen LogP) is 4.53. The zero-order valence-electron chi connectivity index (χ0n) is 12.8. The first-order valence-electron chi connectivity index (χ1n) is 8.10. The molecule has 5 unspecified atom stereocenters. The summed E-state index contributed by atoms with van der Waals surface area (Å²) in [5, 5.41) is 0. The van der Waals surface area contributed by atoms with Gasteiger partial charge >= 0.3 is 0 Å². The first kappa shape index (κ1) is 13.5. The van der Waals surface area contributed by atoms with Crippen molar-refractivity contribution in [2.75, 3.05) is 0 Å². The molecule has 0 radical (unpaired) electrons. The molecule has 0 bridgehead atoms. The number of halogens is 1. The fraction of sp³-hybridized carbons (Fsp3) is 0.579. The maximum absolute atomic E-state index is 14.8. The van der Waals surface area contributed by atoms with E-state index in [9.17, 15) is 4.39 Å². The molecule has 0 aromatic rings. The van der Waals surface area contributed by atoms with Crippen molar-refractivity contribution in [2.45, 2.75) is 51.5 Å². The molecule has 1 saturated heterocycles. The smallest absolute Gasteiger partial charge is 0.113 e. The first-order valence-corrected chi connectivity index (χ1v) is 8.10. The van der Waals surface area contributed by atoms with Crippen LogP contribution in [0.15, 0.2) is 47.6 Å². The second-order valence-corrected chi connectivity index (χ2v) is 7.52. The van der Waals surface area contributed by atoms with Crippen molar-refractivity contribution in [1.82, 2.24) is 0 Å². The van der Waals surface area contributed by atoms with Gasteiger partial charge in [-0.05, 0) is 23.8 Å². The second kappa shape index (κ2) is 4.67. The molecule has 0 N–H and O–H groups in total. The average molecular weight is 286 g/mol. The monoisotopic (exact) mass is 286 g/mol. The van der Waals surface area contributed by atoms with E-state index in [1.165, 1.54) is 11.1 Å². The van der Waals surface area contributed by atoms with Gasteiger partial charge in [0.05, 0.1) is 12.2 Å². The topological polar surface area (TPSA) is 9.23 Å². The van der Waals surface area contributed by atoms with Gasteiger partial charge in [0, 0.05) is 18.3 Å². The molecule has 3 aliphatic carbocycles. The van der Waals surface area contributed by atoms with Gasteiger partial charge in [-0.2, -0.15) is 0 Å². The Morgan fingerprint density at radius 1 is 1.29 bits per heavy atom. The van der Waals surface area contributed by atoms with Crippen molar-refractivity contribution < 1.29 is 9.13 Å². The third kappa shape index (κ3) is 2.07. The van der Waals surface area contributed by atoms with Crippen LogP contribution in [0, 0.1) is 17.3 Å². The van der Waals surface area contributed by atoms with Crippen LogP contribution in [0.4, 0.5) is 4.39 Å². The summed E-state index contributed by atoms with van der Waals surface area (Å²) in [7, 11) is 0. The van der Waals surface area contributed by atoms with E-state index in [1.807, 2.05) is 0 Å². The van der Waals surface area contributed by atoms with Crippen LogP contribution in [-0.4, -0.2) is 18.4 Å². The van der Waals surface area contributed by atoms with Crippen LogP contribution < -0.4 is 0 Å². The lowest BCUT2D eigenvalue weighted by molar-refractivity contribution is -0.00338. The molecule has 1 heterocycles. The third-order valence-electron chi connectivity index (χ3n) is 5.56. The van der Waals surface area contributed by atoms with E-state index in [0.29, 0.717) is 12.3 Å². The molecule has 1 nitrogen and oxygen atoms in total. The van der Waals surface area contributed by atoms with Crippen LogP contribution in [0.3, 0.4) is 0 Å². The summed E-state index contributed by atoms with van der Waals surface area (Å²) in [5.74, 6) is 0.323. The summed E-state index contributed by atoms with van der Waals surface area (Å²) >= 11 is 0. The molecule has 5 atom stereocenters. The molecular formula is C19H23FO. The Balaban J connectivity index is 1.63. The number of ether oxygens (including phenoxy) is 1. The molecule has 2 heteroatoms. The van der Waals surface area contributed by atoms with Gasteiger partial charge in [0.25, 0.3) is 0 Å². The number of rotatable bonds is 1. The van der Waals surface area contributed by atoms with E-state index in [4.69, 9.17) is 4.74 Å². The third-order valence-corrected chi connectivity index (χ3v) is 5.56. The largest absolute Gasteiger partial charge is 0.365 e. The minimum absolute atomic E-state index is 0.0383. The average Bonchev–Trinajstić information content (AvgIpc) is 2.98. The van der Waals surface area contributed by atoms with Crippen LogP contribution in [-0.2, 0) is 4.74 Å². The first-order chi connectivity index (χ1) is 10.1. The summed E-state index contributed by atoms with van der Waals surface area (Å²) in [6.45, 7) is 4.45. The van der Waals surface area contributed by atoms with Crippen LogP contribution in [0.25, 0.3) is 0 Å². The SMILES string of the molecule is CC1(C)CC=C2C3C(F)CC(C4C=CC=CC4)=CC3OC21. The van der Waals surface area contributed by atoms with Crippen LogP contribution in [0.2, 0.25) is 0 Å². The van der Waals surface area contributed by atoms with Gasteiger partial charge < -0.3 is 4.74 Å². The lowest BCUT2D eigenvalue weighted by Gasteiger charge is -2.31. The van der Waals surface area contributed by atoms with Gasteiger partial charge in [-0.15, -0.1) is 0 Å². The molecule has 112 valence electrons. The van der Waals surface area contributed by atoms with E-state index in [0.717, 1.165) is 12.8 Å². The summed E-state index contributed by atoms with van der Waals surface area (Å²) in [6.07, 6.45) is 14.8. The molecule has 21 heavy (non-hydrogen) atoms. The minimum Gasteiger partial charge on any atom is -0.365 e. The summed E-state index contributed by atoms with van der Waals surface area (Å²) < 4.78 is 21.1. The second-order valence-electron chi connectivity index (χ2n) is 7.52. The van der Waals surface area contributed by atoms with Gasteiger partial charge in [0.2, 0.25) is 0 Å². The van der Waals surface area contributed by atoms with Gasteiger partial charge in [-0.25, -0.2) is 4.39 Å². The number of alkyl halides is 1. The number of fused-ring (bicyclic) bond motifs is 3. The normalized spacial score (nSPS) is 43.3. The molecule has 4 rings (SSSR count). The van der Waals surface area contributed by atoms with E-state index < -0.39 is 6.17 Å².